The number of ether oxygens (including phenoxy) is 3. The average Bonchev–Trinajstić information content (AvgIpc) is 3.36. The predicted octanol–water partition coefficient (Wildman–Crippen LogP) is 13.1. The van der Waals surface area contributed by atoms with Crippen molar-refractivity contribution in [1.82, 2.24) is 5.32 Å². The number of rotatable bonds is 50. The van der Waals surface area contributed by atoms with Gasteiger partial charge in [0.1, 0.15) is 24.4 Å². The molecule has 7 unspecified atom stereocenters. The summed E-state index contributed by atoms with van der Waals surface area (Å²) in [5, 5.41) is 54.3. The van der Waals surface area contributed by atoms with E-state index in [0.29, 0.717) is 19.4 Å². The number of hydrogen-bond acceptors (Lipinski definition) is 10. The fourth-order valence-electron chi connectivity index (χ4n) is 9.05. The van der Waals surface area contributed by atoms with E-state index in [-0.39, 0.29) is 18.5 Å². The summed E-state index contributed by atoms with van der Waals surface area (Å²) in [7, 11) is 0. The van der Waals surface area contributed by atoms with Crippen LogP contribution in [-0.2, 0) is 23.8 Å². The second-order valence-corrected chi connectivity index (χ2v) is 20.3. The fraction of sp³-hybridized carbons (Fsp3) is 0.864. The normalized spacial score (nSPS) is 19.4. The number of aliphatic hydroxyl groups excluding tert-OH is 5. The van der Waals surface area contributed by atoms with Gasteiger partial charge in [-0.25, -0.2) is 0 Å². The lowest BCUT2D eigenvalue weighted by molar-refractivity contribution is -0.302. The van der Waals surface area contributed by atoms with Crippen molar-refractivity contribution >= 4 is 11.9 Å². The highest BCUT2D eigenvalue weighted by molar-refractivity contribution is 5.76. The Bertz CT molecular complexity index is 1260. The molecule has 0 bridgehead atoms. The van der Waals surface area contributed by atoms with Crippen LogP contribution >= 0.6 is 0 Å². The van der Waals surface area contributed by atoms with Crippen LogP contribution in [0.25, 0.3) is 0 Å². The Balaban J connectivity index is 2.11. The number of esters is 1. The van der Waals surface area contributed by atoms with Crippen LogP contribution in [0.4, 0.5) is 0 Å². The zero-order chi connectivity index (χ0) is 51.0. The van der Waals surface area contributed by atoms with E-state index in [2.05, 4.69) is 43.5 Å². The molecule has 11 nitrogen and oxygen atoms in total. The molecule has 70 heavy (non-hydrogen) atoms. The van der Waals surface area contributed by atoms with Gasteiger partial charge in [0.15, 0.2) is 6.29 Å². The Morgan fingerprint density at radius 1 is 0.514 bits per heavy atom. The Morgan fingerprint density at radius 3 is 1.41 bits per heavy atom. The van der Waals surface area contributed by atoms with E-state index in [1.165, 1.54) is 154 Å². The van der Waals surface area contributed by atoms with Gasteiger partial charge in [-0.15, -0.1) is 0 Å². The zero-order valence-electron chi connectivity index (χ0n) is 45.0. The predicted molar refractivity (Wildman–Crippen MR) is 287 cm³/mol. The van der Waals surface area contributed by atoms with E-state index >= 15 is 0 Å². The molecule has 0 aliphatic carbocycles. The summed E-state index contributed by atoms with van der Waals surface area (Å²) in [6, 6.07) is -0.837. The molecule has 1 heterocycles. The van der Waals surface area contributed by atoms with E-state index < -0.39 is 49.5 Å². The van der Waals surface area contributed by atoms with Gasteiger partial charge in [-0.2, -0.15) is 0 Å². The quantitative estimate of drug-likeness (QED) is 0.0195. The smallest absolute Gasteiger partial charge is 0.305 e. The molecule has 1 saturated heterocycles. The second-order valence-electron chi connectivity index (χ2n) is 20.3. The van der Waals surface area contributed by atoms with Crippen molar-refractivity contribution in [1.29, 1.82) is 0 Å². The van der Waals surface area contributed by atoms with E-state index in [4.69, 9.17) is 14.2 Å². The number of carbonyl (C=O) groups is 2. The fourth-order valence-corrected chi connectivity index (χ4v) is 9.05. The van der Waals surface area contributed by atoms with Crippen molar-refractivity contribution in [2.45, 2.75) is 307 Å². The number of hydrogen-bond donors (Lipinski definition) is 6. The second kappa shape index (κ2) is 49.1. The van der Waals surface area contributed by atoms with Gasteiger partial charge < -0.3 is 45.1 Å². The van der Waals surface area contributed by atoms with Crippen molar-refractivity contribution in [3.63, 3.8) is 0 Å². The molecule has 0 spiro atoms. The molecule has 1 aliphatic rings. The molecule has 1 aliphatic heterocycles. The molecule has 0 aromatic rings. The molecule has 6 N–H and O–H groups in total. The van der Waals surface area contributed by atoms with Crippen molar-refractivity contribution < 1.29 is 49.3 Å². The number of allylic oxidation sites excluding steroid dienone is 5. The maximum atomic E-state index is 13.0. The number of amides is 1. The third kappa shape index (κ3) is 38.5. The molecule has 1 fully saturated rings. The topological polar surface area (TPSA) is 175 Å². The van der Waals surface area contributed by atoms with E-state index in [0.717, 1.165) is 83.5 Å². The summed E-state index contributed by atoms with van der Waals surface area (Å²) >= 11 is 0. The zero-order valence-corrected chi connectivity index (χ0v) is 45.0. The van der Waals surface area contributed by atoms with Crippen molar-refractivity contribution in [2.24, 2.45) is 0 Å². The maximum Gasteiger partial charge on any atom is 0.305 e. The number of carbonyl (C=O) groups excluding carboxylic acids is 2. The van der Waals surface area contributed by atoms with Gasteiger partial charge in [0, 0.05) is 12.8 Å². The summed E-state index contributed by atoms with van der Waals surface area (Å²) in [4.78, 5) is 25.0. The van der Waals surface area contributed by atoms with Crippen LogP contribution in [0.15, 0.2) is 36.5 Å². The molecular weight excluding hydrogens is 883 g/mol. The Morgan fingerprint density at radius 2 is 0.929 bits per heavy atom. The highest BCUT2D eigenvalue weighted by atomic mass is 16.7. The minimum atomic E-state index is -1.58. The lowest BCUT2D eigenvalue weighted by atomic mass is 9.99. The van der Waals surface area contributed by atoms with Gasteiger partial charge in [0.25, 0.3) is 0 Å². The maximum absolute atomic E-state index is 13.0. The molecule has 0 aromatic carbocycles. The van der Waals surface area contributed by atoms with Gasteiger partial charge in [0.05, 0.1) is 32.0 Å². The van der Waals surface area contributed by atoms with Crippen LogP contribution in [0, 0.1) is 0 Å². The van der Waals surface area contributed by atoms with Crippen LogP contribution < -0.4 is 5.32 Å². The minimum absolute atomic E-state index is 0.0101. The van der Waals surface area contributed by atoms with Gasteiger partial charge in [0.2, 0.25) is 5.91 Å². The number of unbranched alkanes of at least 4 members (excludes halogenated alkanes) is 32. The summed E-state index contributed by atoms with van der Waals surface area (Å²) in [5.74, 6) is -0.211. The third-order valence-electron chi connectivity index (χ3n) is 13.7. The lowest BCUT2D eigenvalue weighted by Crippen LogP contribution is -2.60. The van der Waals surface area contributed by atoms with Gasteiger partial charge in [-0.3, -0.25) is 9.59 Å². The monoisotopic (exact) mass is 992 g/mol. The van der Waals surface area contributed by atoms with E-state index in [1.54, 1.807) is 6.08 Å². The standard InChI is InChI=1S/C59H109NO10/c1-3-5-7-9-11-13-15-22-26-29-33-37-41-45-52(62)51(50-69-59-58(67)57(66)56(65)53(49-61)70-59)60-54(63)46-42-38-34-30-27-23-20-18-16-17-19-21-24-28-32-36-40-44-48-68-55(64)47-43-39-35-31-25-14-12-10-8-6-4-2/h11,13,26,29,41,45,51-53,56-59,61-62,65-67H,3-10,12,14-25,27-28,30-40,42-44,46-50H2,1-2H3,(H,60,63)/b13-11+,29-26+,45-41+. The summed E-state index contributed by atoms with van der Waals surface area (Å²) in [5.41, 5.74) is 0. The first-order chi connectivity index (χ1) is 34.2. The number of nitrogens with one attached hydrogen (secondary N) is 1. The SMILES string of the molecule is CCCCC/C=C/CC/C=C/CC/C=C/C(O)C(COC1OC(CO)C(O)C(O)C1O)NC(=O)CCCCCCCCCCCCCCCCCCCCOC(=O)CCCCCCCCCCCCC. The Labute approximate surface area is 428 Å². The molecule has 0 radical (unpaired) electrons. The average molecular weight is 993 g/mol. The molecular formula is C59H109NO10. The summed E-state index contributed by atoms with van der Waals surface area (Å²) < 4.78 is 16.7. The van der Waals surface area contributed by atoms with Crippen LogP contribution in [0.1, 0.15) is 264 Å². The molecule has 410 valence electrons. The highest BCUT2D eigenvalue weighted by Gasteiger charge is 2.44. The van der Waals surface area contributed by atoms with E-state index in [9.17, 15) is 35.1 Å². The van der Waals surface area contributed by atoms with Gasteiger partial charge in [-0.1, -0.05) is 230 Å². The molecule has 1 rings (SSSR count). The van der Waals surface area contributed by atoms with Crippen LogP contribution in [0.5, 0.6) is 0 Å². The molecule has 0 aromatic heterocycles. The summed E-state index contributed by atoms with van der Waals surface area (Å²) in [6.45, 7) is 4.27. The molecule has 11 heteroatoms. The van der Waals surface area contributed by atoms with Crippen LogP contribution in [0.3, 0.4) is 0 Å². The lowest BCUT2D eigenvalue weighted by Gasteiger charge is -2.40. The van der Waals surface area contributed by atoms with E-state index in [1.807, 2.05) is 6.08 Å². The Hall–Kier alpha value is -2.12. The highest BCUT2D eigenvalue weighted by Crippen LogP contribution is 2.23. The van der Waals surface area contributed by atoms with Crippen LogP contribution in [-0.4, -0.2) is 100 Å². The van der Waals surface area contributed by atoms with Crippen molar-refractivity contribution in [3.8, 4) is 0 Å². The minimum Gasteiger partial charge on any atom is -0.466 e. The molecule has 0 saturated carbocycles. The third-order valence-corrected chi connectivity index (χ3v) is 13.7. The van der Waals surface area contributed by atoms with Crippen molar-refractivity contribution in [2.75, 3.05) is 19.8 Å². The summed E-state index contributed by atoms with van der Waals surface area (Å²) in [6.07, 6.45) is 49.4. The molecule has 7 atom stereocenters. The Kier molecular flexibility index (Phi) is 46.2. The first kappa shape index (κ1) is 65.9. The van der Waals surface area contributed by atoms with Gasteiger partial charge in [-0.05, 0) is 57.8 Å². The first-order valence-corrected chi connectivity index (χ1v) is 29.3. The van der Waals surface area contributed by atoms with Gasteiger partial charge >= 0.3 is 5.97 Å². The first-order valence-electron chi connectivity index (χ1n) is 29.3. The van der Waals surface area contributed by atoms with Crippen LogP contribution in [0.2, 0.25) is 0 Å². The number of aliphatic hydroxyl groups is 5. The van der Waals surface area contributed by atoms with Crippen molar-refractivity contribution in [3.05, 3.63) is 36.5 Å². The molecule has 1 amide bonds. The largest absolute Gasteiger partial charge is 0.466 e.